The minimum absolute atomic E-state index is 0.254. The Balaban J connectivity index is 3.22. The first kappa shape index (κ1) is 9.05. The van der Waals surface area contributed by atoms with Gasteiger partial charge in [0.05, 0.1) is 12.8 Å². The lowest BCUT2D eigenvalue weighted by Gasteiger charge is -1.99. The van der Waals surface area contributed by atoms with Crippen LogP contribution in [-0.2, 0) is 11.8 Å². The van der Waals surface area contributed by atoms with Gasteiger partial charge in [0, 0.05) is 7.05 Å². The van der Waals surface area contributed by atoms with Crippen LogP contribution >= 0.6 is 15.9 Å². The number of hydrogen-bond donors (Lipinski definition) is 1. The first-order valence-corrected chi connectivity index (χ1v) is 3.93. The van der Waals surface area contributed by atoms with E-state index in [1.165, 1.54) is 11.8 Å². The fraction of sp³-hybridized carbons (Fsp3) is 0.333. The van der Waals surface area contributed by atoms with Crippen LogP contribution in [-0.4, -0.2) is 22.9 Å². The van der Waals surface area contributed by atoms with Gasteiger partial charge in [0.2, 0.25) is 0 Å². The number of nitrogens with zero attached hydrogens (tertiary/aromatic N) is 2. The summed E-state index contributed by atoms with van der Waals surface area (Å²) in [4.78, 5) is 11.1. The van der Waals surface area contributed by atoms with Crippen LogP contribution in [0.1, 0.15) is 10.5 Å². The van der Waals surface area contributed by atoms with Gasteiger partial charge in [-0.2, -0.15) is 5.10 Å². The summed E-state index contributed by atoms with van der Waals surface area (Å²) in [6, 6.07) is 0. The second-order valence-electron chi connectivity index (χ2n) is 2.17. The average molecular weight is 234 g/mol. The Hall–Kier alpha value is -1.04. The minimum atomic E-state index is -0.492. The van der Waals surface area contributed by atoms with Crippen LogP contribution in [0.3, 0.4) is 0 Å². The molecule has 1 aromatic heterocycles. The van der Waals surface area contributed by atoms with Crippen LogP contribution in [0.2, 0.25) is 0 Å². The van der Waals surface area contributed by atoms with E-state index in [9.17, 15) is 4.79 Å². The highest BCUT2D eigenvalue weighted by Gasteiger charge is 2.18. The third-order valence-electron chi connectivity index (χ3n) is 1.42. The number of carbonyl (C=O) groups excluding carboxylic acids is 1. The van der Waals surface area contributed by atoms with Gasteiger partial charge in [-0.25, -0.2) is 4.79 Å². The number of aryl methyl sites for hydroxylation is 1. The number of nitrogens with two attached hydrogens (primary N) is 1. The van der Waals surface area contributed by atoms with Gasteiger partial charge in [-0.15, -0.1) is 0 Å². The number of ether oxygens (including phenoxy) is 1. The summed E-state index contributed by atoms with van der Waals surface area (Å²) in [6.07, 6.45) is 0. The van der Waals surface area contributed by atoms with Crippen molar-refractivity contribution in [1.82, 2.24) is 9.78 Å². The topological polar surface area (TPSA) is 70.1 Å². The van der Waals surface area contributed by atoms with Crippen molar-refractivity contribution in [3.63, 3.8) is 0 Å². The van der Waals surface area contributed by atoms with Crippen LogP contribution < -0.4 is 5.73 Å². The third-order valence-corrected chi connectivity index (χ3v) is 2.00. The molecule has 0 saturated heterocycles. The van der Waals surface area contributed by atoms with Gasteiger partial charge in [-0.05, 0) is 15.9 Å². The first-order valence-electron chi connectivity index (χ1n) is 3.14. The zero-order valence-corrected chi connectivity index (χ0v) is 8.25. The number of carbonyl (C=O) groups is 1. The van der Waals surface area contributed by atoms with E-state index in [0.29, 0.717) is 10.3 Å². The summed E-state index contributed by atoms with van der Waals surface area (Å²) in [7, 11) is 2.91. The molecule has 0 fully saturated rings. The summed E-state index contributed by atoms with van der Waals surface area (Å²) in [5, 5.41) is 3.89. The quantitative estimate of drug-likeness (QED) is 0.720. The predicted molar refractivity (Wildman–Crippen MR) is 46.7 cm³/mol. The SMILES string of the molecule is COC(=O)c1c(N)c(Br)nn1C. The zero-order valence-electron chi connectivity index (χ0n) is 6.67. The molecule has 6 heteroatoms. The number of esters is 1. The highest BCUT2D eigenvalue weighted by Crippen LogP contribution is 2.21. The number of anilines is 1. The normalized spacial score (nSPS) is 9.92. The number of halogens is 1. The molecule has 0 amide bonds. The molecule has 1 heterocycles. The Morgan fingerprint density at radius 1 is 1.75 bits per heavy atom. The molecule has 0 atom stereocenters. The van der Waals surface area contributed by atoms with Gasteiger partial charge in [-0.1, -0.05) is 0 Å². The van der Waals surface area contributed by atoms with Crippen molar-refractivity contribution < 1.29 is 9.53 Å². The number of methoxy groups -OCH3 is 1. The van der Waals surface area contributed by atoms with Crippen molar-refractivity contribution in [2.45, 2.75) is 0 Å². The Kier molecular flexibility index (Phi) is 2.37. The Bertz CT molecular complexity index is 321. The molecule has 0 aliphatic carbocycles. The molecular weight excluding hydrogens is 226 g/mol. The van der Waals surface area contributed by atoms with Crippen molar-refractivity contribution in [2.75, 3.05) is 12.8 Å². The van der Waals surface area contributed by atoms with Gasteiger partial charge in [-0.3, -0.25) is 4.68 Å². The summed E-state index contributed by atoms with van der Waals surface area (Å²) >= 11 is 3.10. The maximum absolute atomic E-state index is 11.1. The van der Waals surface area contributed by atoms with Gasteiger partial charge in [0.15, 0.2) is 10.3 Å². The molecule has 12 heavy (non-hydrogen) atoms. The Morgan fingerprint density at radius 3 is 2.67 bits per heavy atom. The number of aromatic nitrogens is 2. The van der Waals surface area contributed by atoms with Crippen molar-refractivity contribution in [2.24, 2.45) is 7.05 Å². The van der Waals surface area contributed by atoms with Gasteiger partial charge < -0.3 is 10.5 Å². The molecule has 5 nitrogen and oxygen atoms in total. The standard InChI is InChI=1S/C6H8BrN3O2/c1-10-4(6(11)12-2)3(8)5(7)9-10/h8H2,1-2H3. The summed E-state index contributed by atoms with van der Waals surface area (Å²) in [5.74, 6) is -0.492. The highest BCUT2D eigenvalue weighted by molar-refractivity contribution is 9.10. The number of rotatable bonds is 1. The van der Waals surface area contributed by atoms with Crippen LogP contribution in [0.15, 0.2) is 4.60 Å². The van der Waals surface area contributed by atoms with E-state index < -0.39 is 5.97 Å². The van der Waals surface area contributed by atoms with Crippen molar-refractivity contribution in [3.05, 3.63) is 10.3 Å². The van der Waals surface area contributed by atoms with Crippen LogP contribution in [0, 0.1) is 0 Å². The lowest BCUT2D eigenvalue weighted by atomic mass is 10.4. The fourth-order valence-corrected chi connectivity index (χ4v) is 1.27. The molecule has 0 radical (unpaired) electrons. The van der Waals surface area contributed by atoms with Gasteiger partial charge >= 0.3 is 5.97 Å². The molecule has 0 bridgehead atoms. The molecule has 2 N–H and O–H groups in total. The maximum Gasteiger partial charge on any atom is 0.358 e. The van der Waals surface area contributed by atoms with Gasteiger partial charge in [0.1, 0.15) is 0 Å². The first-order chi connectivity index (χ1) is 5.57. The average Bonchev–Trinajstić information content (AvgIpc) is 2.26. The van der Waals surface area contributed by atoms with E-state index in [-0.39, 0.29) is 5.69 Å². The van der Waals surface area contributed by atoms with E-state index in [1.807, 2.05) is 0 Å². The molecule has 0 saturated carbocycles. The molecule has 0 spiro atoms. The molecule has 1 aromatic rings. The second kappa shape index (κ2) is 3.14. The van der Waals surface area contributed by atoms with E-state index in [1.54, 1.807) is 7.05 Å². The molecule has 0 aliphatic heterocycles. The lowest BCUT2D eigenvalue weighted by molar-refractivity contribution is 0.0589. The second-order valence-corrected chi connectivity index (χ2v) is 2.92. The molecule has 0 aliphatic rings. The Labute approximate surface area is 77.6 Å². The van der Waals surface area contributed by atoms with Gasteiger partial charge in [0.25, 0.3) is 0 Å². The van der Waals surface area contributed by atoms with E-state index >= 15 is 0 Å². The van der Waals surface area contributed by atoms with Crippen molar-refractivity contribution in [1.29, 1.82) is 0 Å². The van der Waals surface area contributed by atoms with Crippen molar-refractivity contribution >= 4 is 27.6 Å². The highest BCUT2D eigenvalue weighted by atomic mass is 79.9. The van der Waals surface area contributed by atoms with E-state index in [2.05, 4.69) is 25.8 Å². The lowest BCUT2D eigenvalue weighted by Crippen LogP contribution is -2.10. The van der Waals surface area contributed by atoms with Crippen molar-refractivity contribution in [3.8, 4) is 0 Å². The fourth-order valence-electron chi connectivity index (χ4n) is 0.846. The van der Waals surface area contributed by atoms with E-state index in [0.717, 1.165) is 0 Å². The van der Waals surface area contributed by atoms with Crippen LogP contribution in [0.25, 0.3) is 0 Å². The maximum atomic E-state index is 11.1. The van der Waals surface area contributed by atoms with Crippen LogP contribution in [0.4, 0.5) is 5.69 Å². The van der Waals surface area contributed by atoms with Crippen LogP contribution in [0.5, 0.6) is 0 Å². The molecule has 1 rings (SSSR count). The summed E-state index contributed by atoms with van der Waals surface area (Å²) < 4.78 is 6.33. The molecule has 66 valence electrons. The van der Waals surface area contributed by atoms with E-state index in [4.69, 9.17) is 5.73 Å². The smallest absolute Gasteiger partial charge is 0.358 e. The Morgan fingerprint density at radius 2 is 2.33 bits per heavy atom. The molecule has 0 aromatic carbocycles. The third kappa shape index (κ3) is 1.29. The predicted octanol–water partition coefficient (Wildman–Crippen LogP) is 0.551. The summed E-state index contributed by atoms with van der Waals surface area (Å²) in [6.45, 7) is 0. The molecule has 0 unspecified atom stereocenters. The summed E-state index contributed by atoms with van der Waals surface area (Å²) in [5.41, 5.74) is 6.10. The zero-order chi connectivity index (χ0) is 9.30. The number of nitrogen functional groups attached to an aromatic ring is 1. The largest absolute Gasteiger partial charge is 0.464 e. The number of hydrogen-bond acceptors (Lipinski definition) is 4. The molecular formula is C6H8BrN3O2. The minimum Gasteiger partial charge on any atom is -0.464 e. The monoisotopic (exact) mass is 233 g/mol.